The van der Waals surface area contributed by atoms with Crippen molar-refractivity contribution in [2.75, 3.05) is 13.1 Å². The Hall–Kier alpha value is -1.83. The Kier molecular flexibility index (Phi) is 3.47. The molecule has 1 aliphatic rings. The summed E-state index contributed by atoms with van der Waals surface area (Å²) < 4.78 is 2.01. The molecule has 3 heterocycles. The van der Waals surface area contributed by atoms with Crippen molar-refractivity contribution in [2.45, 2.75) is 26.0 Å². The Morgan fingerprint density at radius 1 is 1.45 bits per heavy atom. The number of fused-ring (bicyclic) bond motifs is 1. The van der Waals surface area contributed by atoms with E-state index in [9.17, 15) is 10.4 Å². The summed E-state index contributed by atoms with van der Waals surface area (Å²) in [5.41, 5.74) is 2.81. The molecule has 1 aliphatic heterocycles. The second-order valence-corrected chi connectivity index (χ2v) is 5.70. The van der Waals surface area contributed by atoms with Crippen molar-refractivity contribution in [1.82, 2.24) is 9.30 Å². The van der Waals surface area contributed by atoms with Gasteiger partial charge in [0.25, 0.3) is 0 Å². The fraction of sp³-hybridized carbons (Fsp3) is 0.438. The Morgan fingerprint density at radius 3 is 3.05 bits per heavy atom. The van der Waals surface area contributed by atoms with E-state index in [0.717, 1.165) is 42.7 Å². The first kappa shape index (κ1) is 13.2. The predicted octanol–water partition coefficient (Wildman–Crippen LogP) is 2.01. The van der Waals surface area contributed by atoms with Crippen LogP contribution in [0.25, 0.3) is 5.52 Å². The molecule has 0 aliphatic carbocycles. The van der Waals surface area contributed by atoms with E-state index >= 15 is 0 Å². The quantitative estimate of drug-likeness (QED) is 0.907. The van der Waals surface area contributed by atoms with Crippen molar-refractivity contribution >= 4 is 5.52 Å². The third kappa shape index (κ3) is 2.31. The first-order valence-electron chi connectivity index (χ1n) is 7.08. The van der Waals surface area contributed by atoms with Gasteiger partial charge in [0, 0.05) is 37.6 Å². The lowest BCUT2D eigenvalue weighted by molar-refractivity contribution is 0.0320. The molecule has 1 saturated heterocycles. The normalized spacial score (nSPS) is 23.9. The van der Waals surface area contributed by atoms with E-state index in [2.05, 4.69) is 17.9 Å². The van der Waals surface area contributed by atoms with Gasteiger partial charge in [0.05, 0.1) is 17.2 Å². The molecule has 1 fully saturated rings. The SMILES string of the molecule is CC1CN(Cc2cn3ccccc3c2C#N)CCC1O. The van der Waals surface area contributed by atoms with Gasteiger partial charge < -0.3 is 9.51 Å². The minimum atomic E-state index is -0.185. The molecule has 2 aromatic rings. The van der Waals surface area contributed by atoms with Crippen LogP contribution < -0.4 is 0 Å². The second kappa shape index (κ2) is 5.28. The number of likely N-dealkylation sites (tertiary alicyclic amines) is 1. The average molecular weight is 269 g/mol. The van der Waals surface area contributed by atoms with Gasteiger partial charge in [-0.2, -0.15) is 5.26 Å². The fourth-order valence-electron chi connectivity index (χ4n) is 3.03. The van der Waals surface area contributed by atoms with Crippen LogP contribution in [0.4, 0.5) is 0 Å². The Morgan fingerprint density at radius 2 is 2.30 bits per heavy atom. The molecule has 2 aromatic heterocycles. The molecule has 4 heteroatoms. The predicted molar refractivity (Wildman–Crippen MR) is 77.2 cm³/mol. The zero-order chi connectivity index (χ0) is 14.1. The molecule has 0 spiro atoms. The van der Waals surface area contributed by atoms with Crippen LogP contribution in [0.15, 0.2) is 30.6 Å². The molecule has 0 amide bonds. The highest BCUT2D eigenvalue weighted by Gasteiger charge is 2.25. The molecule has 0 aromatic carbocycles. The van der Waals surface area contributed by atoms with Crippen molar-refractivity contribution in [1.29, 1.82) is 5.26 Å². The first-order chi connectivity index (χ1) is 9.69. The molecule has 0 bridgehead atoms. The molecular formula is C16H19N3O. The number of hydrogen-bond donors (Lipinski definition) is 1. The van der Waals surface area contributed by atoms with Gasteiger partial charge >= 0.3 is 0 Å². The third-order valence-electron chi connectivity index (χ3n) is 4.21. The maximum atomic E-state index is 9.79. The van der Waals surface area contributed by atoms with Crippen molar-refractivity contribution in [3.63, 3.8) is 0 Å². The minimum absolute atomic E-state index is 0.185. The summed E-state index contributed by atoms with van der Waals surface area (Å²) in [6, 6.07) is 8.24. The maximum absolute atomic E-state index is 9.79. The number of rotatable bonds is 2. The summed E-state index contributed by atoms with van der Waals surface area (Å²) in [6.07, 6.45) is 4.65. The Bertz CT molecular complexity index is 655. The molecule has 0 radical (unpaired) electrons. The van der Waals surface area contributed by atoms with Crippen LogP contribution in [-0.2, 0) is 6.54 Å². The van der Waals surface area contributed by atoms with Gasteiger partial charge in [0.2, 0.25) is 0 Å². The number of nitriles is 1. The van der Waals surface area contributed by atoms with Crippen molar-refractivity contribution in [2.24, 2.45) is 5.92 Å². The standard InChI is InChI=1S/C16H19N3O/c1-12-9-18(7-5-16(12)20)10-13-11-19-6-3-2-4-15(19)14(13)8-17/h2-4,6,11-12,16,20H,5,7,9-10H2,1H3. The largest absolute Gasteiger partial charge is 0.393 e. The van der Waals surface area contributed by atoms with Crippen LogP contribution in [-0.4, -0.2) is 33.6 Å². The molecular weight excluding hydrogens is 250 g/mol. The van der Waals surface area contributed by atoms with Crippen LogP contribution in [0.3, 0.4) is 0 Å². The number of aliphatic hydroxyl groups is 1. The molecule has 4 nitrogen and oxygen atoms in total. The third-order valence-corrected chi connectivity index (χ3v) is 4.21. The van der Waals surface area contributed by atoms with Gasteiger partial charge in [-0.1, -0.05) is 13.0 Å². The van der Waals surface area contributed by atoms with E-state index in [4.69, 9.17) is 0 Å². The Labute approximate surface area is 118 Å². The topological polar surface area (TPSA) is 51.7 Å². The van der Waals surface area contributed by atoms with Crippen molar-refractivity contribution in [3.05, 3.63) is 41.7 Å². The zero-order valence-corrected chi connectivity index (χ0v) is 11.7. The summed E-state index contributed by atoms with van der Waals surface area (Å²) in [5.74, 6) is 0.298. The van der Waals surface area contributed by atoms with Gasteiger partial charge in [-0.15, -0.1) is 0 Å². The van der Waals surface area contributed by atoms with E-state index in [1.54, 1.807) is 0 Å². The highest BCUT2D eigenvalue weighted by atomic mass is 16.3. The van der Waals surface area contributed by atoms with E-state index in [1.165, 1.54) is 0 Å². The number of hydrogen-bond acceptors (Lipinski definition) is 3. The van der Waals surface area contributed by atoms with Crippen LogP contribution >= 0.6 is 0 Å². The summed E-state index contributed by atoms with van der Waals surface area (Å²) >= 11 is 0. The summed E-state index contributed by atoms with van der Waals surface area (Å²) in [6.45, 7) is 4.64. The molecule has 0 saturated carbocycles. The zero-order valence-electron chi connectivity index (χ0n) is 11.7. The second-order valence-electron chi connectivity index (χ2n) is 5.70. The molecule has 2 unspecified atom stereocenters. The van der Waals surface area contributed by atoms with Crippen molar-refractivity contribution < 1.29 is 5.11 Å². The molecule has 104 valence electrons. The summed E-state index contributed by atoms with van der Waals surface area (Å²) in [4.78, 5) is 2.33. The van der Waals surface area contributed by atoms with Crippen LogP contribution in [0.1, 0.15) is 24.5 Å². The molecule has 1 N–H and O–H groups in total. The number of pyridine rings is 1. The van der Waals surface area contributed by atoms with Crippen LogP contribution in [0, 0.1) is 17.2 Å². The minimum Gasteiger partial charge on any atom is -0.393 e. The number of aromatic nitrogens is 1. The van der Waals surface area contributed by atoms with E-state index < -0.39 is 0 Å². The number of piperidine rings is 1. The highest BCUT2D eigenvalue weighted by Crippen LogP contribution is 2.23. The monoisotopic (exact) mass is 269 g/mol. The van der Waals surface area contributed by atoms with Gasteiger partial charge in [-0.3, -0.25) is 4.90 Å². The first-order valence-corrected chi connectivity index (χ1v) is 7.08. The lowest BCUT2D eigenvalue weighted by Gasteiger charge is -2.34. The van der Waals surface area contributed by atoms with Gasteiger partial charge in [0.15, 0.2) is 0 Å². The Balaban J connectivity index is 1.86. The fourth-order valence-corrected chi connectivity index (χ4v) is 3.03. The molecule has 2 atom stereocenters. The summed E-state index contributed by atoms with van der Waals surface area (Å²) in [7, 11) is 0. The highest BCUT2D eigenvalue weighted by molar-refractivity contribution is 5.65. The van der Waals surface area contributed by atoms with E-state index in [-0.39, 0.29) is 6.10 Å². The molecule has 3 rings (SSSR count). The average Bonchev–Trinajstić information content (AvgIpc) is 2.80. The number of aliphatic hydroxyl groups excluding tert-OH is 1. The van der Waals surface area contributed by atoms with E-state index in [1.807, 2.05) is 35.0 Å². The van der Waals surface area contributed by atoms with Gasteiger partial charge in [0.1, 0.15) is 6.07 Å². The van der Waals surface area contributed by atoms with Crippen molar-refractivity contribution in [3.8, 4) is 6.07 Å². The lowest BCUT2D eigenvalue weighted by Crippen LogP contribution is -2.41. The maximum Gasteiger partial charge on any atom is 0.102 e. The van der Waals surface area contributed by atoms with Gasteiger partial charge in [-0.25, -0.2) is 0 Å². The molecule has 20 heavy (non-hydrogen) atoms. The summed E-state index contributed by atoms with van der Waals surface area (Å²) in [5, 5.41) is 19.2. The lowest BCUT2D eigenvalue weighted by atomic mass is 9.96. The van der Waals surface area contributed by atoms with Gasteiger partial charge in [-0.05, 0) is 24.5 Å². The van der Waals surface area contributed by atoms with Crippen LogP contribution in [0.2, 0.25) is 0 Å². The number of nitrogens with zero attached hydrogens (tertiary/aromatic N) is 3. The smallest absolute Gasteiger partial charge is 0.102 e. The van der Waals surface area contributed by atoms with E-state index in [0.29, 0.717) is 5.92 Å². The van der Waals surface area contributed by atoms with Crippen LogP contribution in [0.5, 0.6) is 0 Å².